The van der Waals surface area contributed by atoms with Gasteiger partial charge in [0.15, 0.2) is 17.5 Å². The molecule has 0 aliphatic rings. The molecule has 0 saturated heterocycles. The third-order valence-corrected chi connectivity index (χ3v) is 10.4. The zero-order valence-electron chi connectivity index (χ0n) is 31.2. The van der Waals surface area contributed by atoms with Crippen LogP contribution in [0.3, 0.4) is 0 Å². The van der Waals surface area contributed by atoms with Gasteiger partial charge in [-0.15, -0.1) is 0 Å². The van der Waals surface area contributed by atoms with E-state index in [1.54, 1.807) is 0 Å². The van der Waals surface area contributed by atoms with Gasteiger partial charge in [0.1, 0.15) is 0 Å². The van der Waals surface area contributed by atoms with Gasteiger partial charge in [0, 0.05) is 38.7 Å². The number of rotatable bonds is 7. The quantitative estimate of drug-likeness (QED) is 0.153. The molecule has 0 saturated carbocycles. The van der Waals surface area contributed by atoms with Gasteiger partial charge in [-0.05, 0) is 58.5 Å². The van der Waals surface area contributed by atoms with E-state index in [1.165, 1.54) is 16.7 Å². The predicted molar refractivity (Wildman–Crippen MR) is 233 cm³/mol. The summed E-state index contributed by atoms with van der Waals surface area (Å²) in [4.78, 5) is 25.2. The van der Waals surface area contributed by atoms with E-state index in [0.29, 0.717) is 17.5 Å². The fraction of sp³-hybridized carbons (Fsp3) is 0.0192. The number of hydrogen-bond acceptors (Lipinski definition) is 5. The second kappa shape index (κ2) is 14.5. The molecule has 10 rings (SSSR count). The molecule has 0 aliphatic carbocycles. The van der Waals surface area contributed by atoms with Gasteiger partial charge in [-0.25, -0.2) is 19.9 Å². The average molecular weight is 730 g/mol. The topological polar surface area (TPSA) is 64.5 Å². The molecular weight excluding hydrogens is 695 g/mol. The highest BCUT2D eigenvalue weighted by atomic mass is 15.0. The smallest absolute Gasteiger partial charge is 0.164 e. The van der Waals surface area contributed by atoms with E-state index in [-0.39, 0.29) is 0 Å². The van der Waals surface area contributed by atoms with Gasteiger partial charge in [-0.1, -0.05) is 176 Å². The van der Waals surface area contributed by atoms with Crippen LogP contribution in [0.15, 0.2) is 194 Å². The Hall–Kier alpha value is -7.63. The van der Waals surface area contributed by atoms with Crippen LogP contribution in [0.1, 0.15) is 5.69 Å². The first-order valence-corrected chi connectivity index (χ1v) is 19.1. The number of benzene rings is 7. The standard InChI is InChI=1S/C52H35N5/c1-34-32-46(38-14-7-3-8-15-38)45-30-28-40-29-31-47(54-48(40)49(45)53-34)39-24-20-37(21-25-39)43-18-11-19-44(33-43)52-56-50(41-16-9-4-10-17-41)55-51(57-52)42-26-22-36(23-27-42)35-12-5-2-6-13-35/h2-33H,1H3. The summed E-state index contributed by atoms with van der Waals surface area (Å²) in [5.41, 5.74) is 14.3. The molecule has 3 heterocycles. The van der Waals surface area contributed by atoms with Gasteiger partial charge in [-0.2, -0.15) is 0 Å². The molecule has 0 atom stereocenters. The van der Waals surface area contributed by atoms with Crippen LogP contribution in [0.4, 0.5) is 0 Å². The molecular formula is C52H35N5. The third kappa shape index (κ3) is 6.72. The first-order valence-electron chi connectivity index (χ1n) is 19.1. The fourth-order valence-corrected chi connectivity index (χ4v) is 7.48. The molecule has 268 valence electrons. The Morgan fingerprint density at radius 2 is 0.772 bits per heavy atom. The summed E-state index contributed by atoms with van der Waals surface area (Å²) in [6.07, 6.45) is 0. The average Bonchev–Trinajstić information content (AvgIpc) is 3.29. The summed E-state index contributed by atoms with van der Waals surface area (Å²) < 4.78 is 0. The van der Waals surface area contributed by atoms with Gasteiger partial charge >= 0.3 is 0 Å². The van der Waals surface area contributed by atoms with Crippen molar-refractivity contribution in [3.05, 3.63) is 200 Å². The fourth-order valence-electron chi connectivity index (χ4n) is 7.48. The lowest BCUT2D eigenvalue weighted by molar-refractivity contribution is 1.07. The van der Waals surface area contributed by atoms with Crippen molar-refractivity contribution in [2.24, 2.45) is 0 Å². The lowest BCUT2D eigenvalue weighted by atomic mass is 9.98. The van der Waals surface area contributed by atoms with Crippen molar-refractivity contribution in [1.29, 1.82) is 0 Å². The summed E-state index contributed by atoms with van der Waals surface area (Å²) in [5, 5.41) is 2.17. The van der Waals surface area contributed by atoms with Crippen LogP contribution in [-0.4, -0.2) is 24.9 Å². The zero-order valence-corrected chi connectivity index (χ0v) is 31.2. The minimum Gasteiger partial charge on any atom is -0.251 e. The van der Waals surface area contributed by atoms with E-state index < -0.39 is 0 Å². The van der Waals surface area contributed by atoms with Crippen molar-refractivity contribution < 1.29 is 0 Å². The van der Waals surface area contributed by atoms with Crippen LogP contribution in [0.25, 0.3) is 101 Å². The molecule has 0 N–H and O–H groups in total. The lowest BCUT2D eigenvalue weighted by Crippen LogP contribution is -2.00. The molecule has 0 spiro atoms. The molecule has 0 fully saturated rings. The molecule has 0 aliphatic heterocycles. The first kappa shape index (κ1) is 33.9. The molecule has 0 unspecified atom stereocenters. The SMILES string of the molecule is Cc1cc(-c2ccccc2)c2ccc3ccc(-c4ccc(-c5cccc(-c6nc(-c7ccccc7)nc(-c7ccc(-c8ccccc8)cc7)n6)c5)cc4)nc3c2n1. The van der Waals surface area contributed by atoms with Gasteiger partial charge in [0.2, 0.25) is 0 Å². The number of pyridine rings is 2. The van der Waals surface area contributed by atoms with Crippen molar-refractivity contribution in [2.45, 2.75) is 6.92 Å². The zero-order chi connectivity index (χ0) is 38.1. The summed E-state index contributed by atoms with van der Waals surface area (Å²) in [7, 11) is 0. The van der Waals surface area contributed by atoms with Crippen molar-refractivity contribution in [1.82, 2.24) is 24.9 Å². The molecule has 57 heavy (non-hydrogen) atoms. The van der Waals surface area contributed by atoms with Crippen LogP contribution in [0.2, 0.25) is 0 Å². The van der Waals surface area contributed by atoms with Crippen LogP contribution in [-0.2, 0) is 0 Å². The van der Waals surface area contributed by atoms with Gasteiger partial charge in [-0.3, -0.25) is 4.98 Å². The lowest BCUT2D eigenvalue weighted by Gasteiger charge is -2.12. The van der Waals surface area contributed by atoms with Crippen LogP contribution in [0.5, 0.6) is 0 Å². The summed E-state index contributed by atoms with van der Waals surface area (Å²) >= 11 is 0. The Labute approximate surface area is 331 Å². The Bertz CT molecular complexity index is 3040. The molecule has 0 radical (unpaired) electrons. The minimum absolute atomic E-state index is 0.622. The molecule has 5 nitrogen and oxygen atoms in total. The monoisotopic (exact) mass is 729 g/mol. The molecule has 7 aromatic carbocycles. The van der Waals surface area contributed by atoms with E-state index in [1.807, 2.05) is 42.5 Å². The largest absolute Gasteiger partial charge is 0.251 e. The molecule has 10 aromatic rings. The third-order valence-electron chi connectivity index (χ3n) is 10.4. The van der Waals surface area contributed by atoms with Crippen molar-refractivity contribution in [3.8, 4) is 78.8 Å². The van der Waals surface area contributed by atoms with Crippen molar-refractivity contribution in [3.63, 3.8) is 0 Å². The predicted octanol–water partition coefficient (Wildman–Crippen LogP) is 12.9. The summed E-state index contributed by atoms with van der Waals surface area (Å²) in [6.45, 7) is 2.05. The van der Waals surface area contributed by atoms with E-state index in [4.69, 9.17) is 24.9 Å². The Morgan fingerprint density at radius 1 is 0.298 bits per heavy atom. The molecule has 0 bridgehead atoms. The summed E-state index contributed by atoms with van der Waals surface area (Å²) in [5.74, 6) is 1.89. The van der Waals surface area contributed by atoms with E-state index in [0.717, 1.165) is 72.1 Å². The summed E-state index contributed by atoms with van der Waals surface area (Å²) in [6, 6.07) is 67.1. The highest BCUT2D eigenvalue weighted by Gasteiger charge is 2.15. The van der Waals surface area contributed by atoms with Crippen LogP contribution in [0, 0.1) is 6.92 Å². The van der Waals surface area contributed by atoms with E-state index >= 15 is 0 Å². The second-order valence-electron chi connectivity index (χ2n) is 14.2. The second-order valence-corrected chi connectivity index (χ2v) is 14.2. The van der Waals surface area contributed by atoms with Crippen LogP contribution < -0.4 is 0 Å². The molecule has 0 amide bonds. The van der Waals surface area contributed by atoms with Crippen molar-refractivity contribution >= 4 is 21.8 Å². The number of hydrogen-bond donors (Lipinski definition) is 0. The Morgan fingerprint density at radius 3 is 1.44 bits per heavy atom. The van der Waals surface area contributed by atoms with E-state index in [2.05, 4.69) is 159 Å². The Kier molecular flexibility index (Phi) is 8.65. The number of fused-ring (bicyclic) bond motifs is 3. The molecule has 5 heteroatoms. The maximum Gasteiger partial charge on any atom is 0.164 e. The molecule has 3 aromatic heterocycles. The van der Waals surface area contributed by atoms with E-state index in [9.17, 15) is 0 Å². The number of nitrogens with zero attached hydrogens (tertiary/aromatic N) is 5. The first-order chi connectivity index (χ1) is 28.1. The Balaban J connectivity index is 0.988. The van der Waals surface area contributed by atoms with Gasteiger partial charge < -0.3 is 0 Å². The maximum atomic E-state index is 5.21. The normalized spacial score (nSPS) is 11.2. The van der Waals surface area contributed by atoms with Gasteiger partial charge in [0.25, 0.3) is 0 Å². The van der Waals surface area contributed by atoms with Crippen molar-refractivity contribution in [2.75, 3.05) is 0 Å². The van der Waals surface area contributed by atoms with Crippen LogP contribution >= 0.6 is 0 Å². The highest BCUT2D eigenvalue weighted by Crippen LogP contribution is 2.35. The minimum atomic E-state index is 0.622. The number of aromatic nitrogens is 5. The maximum absolute atomic E-state index is 5.21. The van der Waals surface area contributed by atoms with Gasteiger partial charge in [0.05, 0.1) is 16.7 Å². The number of aryl methyl sites for hydroxylation is 1. The highest BCUT2D eigenvalue weighted by molar-refractivity contribution is 6.08.